The Morgan fingerprint density at radius 1 is 1.22 bits per heavy atom. The molecular formula is C22H22N2O3. The van der Waals surface area contributed by atoms with Crippen molar-refractivity contribution in [1.29, 1.82) is 5.26 Å². The molecule has 2 aromatic carbocycles. The van der Waals surface area contributed by atoms with Crippen LogP contribution < -0.4 is 10.1 Å². The van der Waals surface area contributed by atoms with E-state index in [9.17, 15) is 4.79 Å². The summed E-state index contributed by atoms with van der Waals surface area (Å²) in [6.45, 7) is 4.39. The van der Waals surface area contributed by atoms with Gasteiger partial charge < -0.3 is 14.8 Å². The number of esters is 1. The van der Waals surface area contributed by atoms with Gasteiger partial charge in [0, 0.05) is 11.3 Å². The molecule has 2 aromatic rings. The third-order valence-electron chi connectivity index (χ3n) is 3.94. The first-order valence-electron chi connectivity index (χ1n) is 8.76. The van der Waals surface area contributed by atoms with Crippen molar-refractivity contribution in [2.24, 2.45) is 0 Å². The fourth-order valence-corrected chi connectivity index (χ4v) is 2.58. The summed E-state index contributed by atoms with van der Waals surface area (Å²) < 4.78 is 10.9. The van der Waals surface area contributed by atoms with E-state index in [-0.39, 0.29) is 19.1 Å². The Morgan fingerprint density at radius 3 is 2.56 bits per heavy atom. The second-order valence-corrected chi connectivity index (χ2v) is 5.77. The van der Waals surface area contributed by atoms with Crippen molar-refractivity contribution in [2.45, 2.75) is 26.7 Å². The van der Waals surface area contributed by atoms with Crippen molar-refractivity contribution in [3.63, 3.8) is 0 Å². The van der Waals surface area contributed by atoms with Gasteiger partial charge in [-0.2, -0.15) is 5.26 Å². The Hall–Kier alpha value is -3.44. The molecular weight excluding hydrogens is 340 g/mol. The molecule has 5 heteroatoms. The molecule has 0 amide bonds. The largest absolute Gasteiger partial charge is 0.492 e. The zero-order chi connectivity index (χ0) is 19.6. The Morgan fingerprint density at radius 2 is 1.96 bits per heavy atom. The Balaban J connectivity index is 2.01. The van der Waals surface area contributed by atoms with E-state index in [1.54, 1.807) is 24.3 Å². The molecule has 0 aromatic heterocycles. The molecule has 27 heavy (non-hydrogen) atoms. The molecule has 0 spiro atoms. The standard InChI is InChI=1S/C22H22N2O3/c1-4-16-11-18(5-2)22(26-6-3)19(12-16)13-21(25)27-15-24-20-9-7-17(14-23)8-10-20/h2,7-12,24H,4,6,13,15H2,1,3H3. The third-order valence-corrected chi connectivity index (χ3v) is 3.94. The Kier molecular flexibility index (Phi) is 7.28. The number of hydrogen-bond donors (Lipinski definition) is 1. The smallest absolute Gasteiger partial charge is 0.312 e. The maximum Gasteiger partial charge on any atom is 0.312 e. The molecule has 5 nitrogen and oxygen atoms in total. The van der Waals surface area contributed by atoms with Gasteiger partial charge in [0.1, 0.15) is 5.75 Å². The van der Waals surface area contributed by atoms with Gasteiger partial charge in [0.2, 0.25) is 0 Å². The van der Waals surface area contributed by atoms with Crippen LogP contribution in [-0.2, 0) is 22.4 Å². The van der Waals surface area contributed by atoms with Crippen molar-refractivity contribution >= 4 is 11.7 Å². The maximum atomic E-state index is 12.2. The fraction of sp³-hybridized carbons (Fsp3) is 0.273. The average Bonchev–Trinajstić information content (AvgIpc) is 2.69. The van der Waals surface area contributed by atoms with Gasteiger partial charge in [-0.3, -0.25) is 4.79 Å². The molecule has 0 heterocycles. The van der Waals surface area contributed by atoms with Gasteiger partial charge in [0.25, 0.3) is 0 Å². The molecule has 0 unspecified atom stereocenters. The molecule has 0 atom stereocenters. The molecule has 1 N–H and O–H groups in total. The lowest BCUT2D eigenvalue weighted by Crippen LogP contribution is -2.15. The summed E-state index contributed by atoms with van der Waals surface area (Å²) in [6, 6.07) is 12.8. The van der Waals surface area contributed by atoms with Gasteiger partial charge in [-0.05, 0) is 49.2 Å². The average molecular weight is 362 g/mol. The first-order valence-corrected chi connectivity index (χ1v) is 8.76. The van der Waals surface area contributed by atoms with Gasteiger partial charge in [0.15, 0.2) is 6.73 Å². The predicted octanol–water partition coefficient (Wildman–Crippen LogP) is 3.66. The number of nitriles is 1. The number of nitrogens with one attached hydrogen (secondary N) is 1. The minimum Gasteiger partial charge on any atom is -0.492 e. The molecule has 138 valence electrons. The zero-order valence-corrected chi connectivity index (χ0v) is 15.5. The molecule has 0 radical (unpaired) electrons. The summed E-state index contributed by atoms with van der Waals surface area (Å²) in [6.07, 6.45) is 6.48. The number of aryl methyl sites for hydroxylation is 1. The van der Waals surface area contributed by atoms with Crippen LogP contribution in [0.15, 0.2) is 36.4 Å². The topological polar surface area (TPSA) is 71.3 Å². The maximum absolute atomic E-state index is 12.2. The van der Waals surface area contributed by atoms with Crippen LogP contribution in [0, 0.1) is 23.7 Å². The lowest BCUT2D eigenvalue weighted by atomic mass is 10.0. The van der Waals surface area contributed by atoms with Crippen LogP contribution in [0.25, 0.3) is 0 Å². The summed E-state index contributed by atoms with van der Waals surface area (Å²) in [5.74, 6) is 2.81. The monoisotopic (exact) mass is 362 g/mol. The SMILES string of the molecule is C#Cc1cc(CC)cc(CC(=O)OCNc2ccc(C#N)cc2)c1OCC. The predicted molar refractivity (Wildman–Crippen MR) is 104 cm³/mol. The third kappa shape index (κ3) is 5.52. The fourth-order valence-electron chi connectivity index (χ4n) is 2.58. The van der Waals surface area contributed by atoms with Crippen molar-refractivity contribution < 1.29 is 14.3 Å². The molecule has 0 saturated carbocycles. The number of benzene rings is 2. The number of carbonyl (C=O) groups excluding carboxylic acids is 1. The highest BCUT2D eigenvalue weighted by atomic mass is 16.5. The highest BCUT2D eigenvalue weighted by Gasteiger charge is 2.15. The number of hydrogen-bond acceptors (Lipinski definition) is 5. The van der Waals surface area contributed by atoms with Crippen LogP contribution in [-0.4, -0.2) is 19.3 Å². The molecule has 0 bridgehead atoms. The molecule has 2 rings (SSSR count). The normalized spacial score (nSPS) is 9.78. The number of ether oxygens (including phenoxy) is 2. The van der Waals surface area contributed by atoms with Gasteiger partial charge in [-0.15, -0.1) is 6.42 Å². The number of terminal acetylenes is 1. The quantitative estimate of drug-likeness (QED) is 0.441. The number of rotatable bonds is 8. The van der Waals surface area contributed by atoms with Crippen molar-refractivity contribution in [3.05, 3.63) is 58.7 Å². The van der Waals surface area contributed by atoms with Gasteiger partial charge in [0.05, 0.1) is 30.2 Å². The minimum absolute atomic E-state index is 0.0319. The summed E-state index contributed by atoms with van der Waals surface area (Å²) in [5, 5.41) is 11.8. The van der Waals surface area contributed by atoms with Crippen molar-refractivity contribution in [1.82, 2.24) is 0 Å². The van der Waals surface area contributed by atoms with Crippen LogP contribution >= 0.6 is 0 Å². The van der Waals surface area contributed by atoms with Gasteiger partial charge >= 0.3 is 5.97 Å². The Labute approximate surface area is 159 Å². The Bertz CT molecular complexity index is 874. The van der Waals surface area contributed by atoms with Gasteiger partial charge in [-0.1, -0.05) is 18.9 Å². The lowest BCUT2D eigenvalue weighted by Gasteiger charge is -2.14. The van der Waals surface area contributed by atoms with Crippen LogP contribution in [0.1, 0.15) is 36.1 Å². The van der Waals surface area contributed by atoms with E-state index in [0.29, 0.717) is 23.5 Å². The molecule has 0 fully saturated rings. The van der Waals surface area contributed by atoms with Crippen LogP contribution in [0.4, 0.5) is 5.69 Å². The summed E-state index contributed by atoms with van der Waals surface area (Å²) in [5.41, 5.74) is 3.76. The van der Waals surface area contributed by atoms with E-state index in [0.717, 1.165) is 23.2 Å². The minimum atomic E-state index is -0.381. The first-order chi connectivity index (χ1) is 13.1. The number of nitrogens with zero attached hydrogens (tertiary/aromatic N) is 1. The lowest BCUT2D eigenvalue weighted by molar-refractivity contribution is -0.142. The molecule has 0 aliphatic carbocycles. The second kappa shape index (κ2) is 9.89. The van der Waals surface area contributed by atoms with E-state index >= 15 is 0 Å². The van der Waals surface area contributed by atoms with E-state index in [4.69, 9.17) is 21.2 Å². The van der Waals surface area contributed by atoms with Crippen molar-refractivity contribution in [3.8, 4) is 24.2 Å². The molecule has 0 aliphatic heterocycles. The van der Waals surface area contributed by atoms with E-state index in [1.807, 2.05) is 26.0 Å². The zero-order valence-electron chi connectivity index (χ0n) is 15.5. The highest BCUT2D eigenvalue weighted by molar-refractivity contribution is 5.74. The van der Waals surface area contributed by atoms with Crippen LogP contribution in [0.2, 0.25) is 0 Å². The second-order valence-electron chi connectivity index (χ2n) is 5.77. The van der Waals surface area contributed by atoms with Crippen molar-refractivity contribution in [2.75, 3.05) is 18.7 Å². The number of anilines is 1. The van der Waals surface area contributed by atoms with E-state index in [2.05, 4.69) is 17.3 Å². The molecule has 0 aliphatic rings. The summed E-state index contributed by atoms with van der Waals surface area (Å²) in [7, 11) is 0. The van der Waals surface area contributed by atoms with E-state index in [1.165, 1.54) is 0 Å². The van der Waals surface area contributed by atoms with Gasteiger partial charge in [-0.25, -0.2) is 0 Å². The molecule has 0 saturated heterocycles. The van der Waals surface area contributed by atoms with E-state index < -0.39 is 0 Å². The highest BCUT2D eigenvalue weighted by Crippen LogP contribution is 2.27. The first kappa shape index (κ1) is 19.9. The van der Waals surface area contributed by atoms with Crippen LogP contribution in [0.5, 0.6) is 5.75 Å². The van der Waals surface area contributed by atoms with Crippen LogP contribution in [0.3, 0.4) is 0 Å². The summed E-state index contributed by atoms with van der Waals surface area (Å²) >= 11 is 0. The summed E-state index contributed by atoms with van der Waals surface area (Å²) in [4.78, 5) is 12.2. The number of carbonyl (C=O) groups is 1.